The van der Waals surface area contributed by atoms with Gasteiger partial charge in [-0.2, -0.15) is 0 Å². The lowest BCUT2D eigenvalue weighted by Gasteiger charge is -1.94. The Hall–Kier alpha value is -0.370. The Bertz CT molecular complexity index is 135. The number of hydrogen-bond acceptors (Lipinski definition) is 1. The fraction of sp³-hybridized carbons (Fsp3) is 0.833. The van der Waals surface area contributed by atoms with Crippen LogP contribution in [0, 0.1) is 5.41 Å². The summed E-state index contributed by atoms with van der Waals surface area (Å²) in [5, 5.41) is 8.99. The van der Waals surface area contributed by atoms with Crippen LogP contribution < -0.4 is 10.7 Å². The molecular weight excluding hydrogens is 100 g/mol. The molecule has 0 atom stereocenters. The van der Waals surface area contributed by atoms with Gasteiger partial charge in [-0.15, -0.1) is 0 Å². The molecule has 8 heavy (non-hydrogen) atoms. The maximum Gasteiger partial charge on any atom is 0.170 e. The van der Waals surface area contributed by atoms with E-state index in [0.29, 0.717) is 5.41 Å². The molecule has 0 aromatic heterocycles. The predicted octanol–water partition coefficient (Wildman–Crippen LogP) is -1.43. The predicted molar refractivity (Wildman–Crippen MR) is 31.5 cm³/mol. The lowest BCUT2D eigenvalue weighted by Crippen LogP contribution is -2.45. The van der Waals surface area contributed by atoms with Gasteiger partial charge < -0.3 is 5.32 Å². The van der Waals surface area contributed by atoms with E-state index >= 15 is 0 Å². The molecule has 1 spiro atoms. The molecule has 0 bridgehead atoms. The molecule has 3 N–H and O–H groups in total. The van der Waals surface area contributed by atoms with Gasteiger partial charge in [-0.3, -0.25) is 5.41 Å². The molecule has 2 fully saturated rings. The van der Waals surface area contributed by atoms with Gasteiger partial charge >= 0.3 is 0 Å². The summed E-state index contributed by atoms with van der Waals surface area (Å²) in [6.07, 6.45) is 2.65. The van der Waals surface area contributed by atoms with Crippen LogP contribution in [0.2, 0.25) is 0 Å². The molecule has 0 unspecified atom stereocenters. The van der Waals surface area contributed by atoms with Crippen molar-refractivity contribution >= 4 is 5.71 Å². The topological polar surface area (TPSA) is 37.6 Å². The highest BCUT2D eigenvalue weighted by atomic mass is 15.0. The number of rotatable bonds is 0. The van der Waals surface area contributed by atoms with Crippen molar-refractivity contribution in [3.63, 3.8) is 0 Å². The largest absolute Gasteiger partial charge is 0.307 e. The van der Waals surface area contributed by atoms with E-state index in [1.165, 1.54) is 18.6 Å². The molecule has 0 amide bonds. The van der Waals surface area contributed by atoms with E-state index in [1.807, 2.05) is 0 Å². The quantitative estimate of drug-likeness (QED) is 0.395. The highest BCUT2D eigenvalue weighted by molar-refractivity contribution is 5.91. The Balaban J connectivity index is 2.23. The van der Waals surface area contributed by atoms with Gasteiger partial charge in [-0.25, -0.2) is 0 Å². The molecular formula is C6H11N2+. The SMILES string of the molecule is [NH2+]=C1CNCC12CC2. The molecule has 0 aromatic carbocycles. The second-order valence-corrected chi connectivity index (χ2v) is 2.91. The Labute approximate surface area is 48.8 Å². The molecule has 44 valence electrons. The zero-order valence-electron chi connectivity index (χ0n) is 4.91. The van der Waals surface area contributed by atoms with Crippen molar-refractivity contribution in [3.8, 4) is 0 Å². The van der Waals surface area contributed by atoms with Crippen LogP contribution in [0.4, 0.5) is 0 Å². The van der Waals surface area contributed by atoms with Gasteiger partial charge in [0.15, 0.2) is 5.71 Å². The standard InChI is InChI=1S/C6H10N2/c7-5-3-8-4-6(5)1-2-6/h7-8H,1-4H2/p+1. The third-order valence-electron chi connectivity index (χ3n) is 2.31. The second-order valence-electron chi connectivity index (χ2n) is 2.91. The molecule has 2 rings (SSSR count). The van der Waals surface area contributed by atoms with Gasteiger partial charge in [0, 0.05) is 6.54 Å². The maximum absolute atomic E-state index is 5.73. The zero-order chi connectivity index (χ0) is 5.61. The van der Waals surface area contributed by atoms with E-state index in [9.17, 15) is 0 Å². The lowest BCUT2D eigenvalue weighted by atomic mass is 10.1. The molecule has 1 aliphatic heterocycles. The Morgan fingerprint density at radius 2 is 2.25 bits per heavy atom. The third kappa shape index (κ3) is 0.388. The third-order valence-corrected chi connectivity index (χ3v) is 2.31. The summed E-state index contributed by atoms with van der Waals surface area (Å²) in [5.41, 5.74) is 1.68. The zero-order valence-corrected chi connectivity index (χ0v) is 4.91. The molecule has 1 heterocycles. The minimum Gasteiger partial charge on any atom is -0.307 e. The summed E-state index contributed by atoms with van der Waals surface area (Å²) in [5.74, 6) is 0. The van der Waals surface area contributed by atoms with Crippen molar-refractivity contribution < 1.29 is 5.41 Å². The Morgan fingerprint density at radius 3 is 2.50 bits per heavy atom. The first-order valence-electron chi connectivity index (χ1n) is 3.16. The molecule has 2 nitrogen and oxygen atoms in total. The Morgan fingerprint density at radius 1 is 1.50 bits per heavy atom. The van der Waals surface area contributed by atoms with E-state index in [1.54, 1.807) is 0 Å². The molecule has 1 saturated heterocycles. The van der Waals surface area contributed by atoms with Crippen molar-refractivity contribution in [1.29, 1.82) is 0 Å². The number of nitrogens with one attached hydrogen (secondary N) is 1. The van der Waals surface area contributed by atoms with Gasteiger partial charge in [0.25, 0.3) is 0 Å². The van der Waals surface area contributed by atoms with Crippen molar-refractivity contribution in [2.24, 2.45) is 5.41 Å². The number of hydrogen-bond donors (Lipinski definition) is 2. The van der Waals surface area contributed by atoms with Crippen molar-refractivity contribution in [2.45, 2.75) is 12.8 Å². The molecule has 1 aliphatic carbocycles. The van der Waals surface area contributed by atoms with E-state index in [4.69, 9.17) is 5.41 Å². The van der Waals surface area contributed by atoms with Gasteiger partial charge in [-0.05, 0) is 12.8 Å². The average molecular weight is 111 g/mol. The van der Waals surface area contributed by atoms with Crippen LogP contribution >= 0.6 is 0 Å². The normalized spacial score (nSPS) is 31.8. The van der Waals surface area contributed by atoms with Gasteiger partial charge in [0.2, 0.25) is 0 Å². The lowest BCUT2D eigenvalue weighted by molar-refractivity contribution is -0.120. The summed E-state index contributed by atoms with van der Waals surface area (Å²) >= 11 is 0. The highest BCUT2D eigenvalue weighted by Gasteiger charge is 2.52. The van der Waals surface area contributed by atoms with E-state index in [-0.39, 0.29) is 0 Å². The van der Waals surface area contributed by atoms with Crippen LogP contribution in [0.3, 0.4) is 0 Å². The van der Waals surface area contributed by atoms with Crippen LogP contribution in [-0.4, -0.2) is 18.8 Å². The maximum atomic E-state index is 5.73. The van der Waals surface area contributed by atoms with Crippen LogP contribution in [0.5, 0.6) is 0 Å². The van der Waals surface area contributed by atoms with Crippen LogP contribution in [0.15, 0.2) is 0 Å². The van der Waals surface area contributed by atoms with E-state index in [0.717, 1.165) is 13.1 Å². The molecule has 2 aliphatic rings. The first kappa shape index (κ1) is 4.50. The van der Waals surface area contributed by atoms with E-state index in [2.05, 4.69) is 5.32 Å². The summed E-state index contributed by atoms with van der Waals surface area (Å²) in [6.45, 7) is 2.10. The molecule has 0 radical (unpaired) electrons. The first-order valence-corrected chi connectivity index (χ1v) is 3.16. The van der Waals surface area contributed by atoms with Crippen LogP contribution in [0.25, 0.3) is 0 Å². The number of nitrogens with two attached hydrogens (primary N) is 1. The molecule has 2 heteroatoms. The summed E-state index contributed by atoms with van der Waals surface area (Å²) < 4.78 is 0. The monoisotopic (exact) mass is 111 g/mol. The minimum absolute atomic E-state index is 0.486. The summed E-state index contributed by atoms with van der Waals surface area (Å²) in [7, 11) is 0. The smallest absolute Gasteiger partial charge is 0.170 e. The van der Waals surface area contributed by atoms with Gasteiger partial charge in [0.1, 0.15) is 0 Å². The minimum atomic E-state index is 0.486. The second kappa shape index (κ2) is 1.13. The highest BCUT2D eigenvalue weighted by Crippen LogP contribution is 2.46. The van der Waals surface area contributed by atoms with E-state index < -0.39 is 0 Å². The average Bonchev–Trinajstić information content (AvgIpc) is 2.39. The molecule has 0 aromatic rings. The fourth-order valence-electron chi connectivity index (χ4n) is 1.39. The van der Waals surface area contributed by atoms with Crippen molar-refractivity contribution in [3.05, 3.63) is 0 Å². The van der Waals surface area contributed by atoms with Crippen LogP contribution in [-0.2, 0) is 0 Å². The fourth-order valence-corrected chi connectivity index (χ4v) is 1.39. The first-order chi connectivity index (χ1) is 3.83. The van der Waals surface area contributed by atoms with Crippen molar-refractivity contribution in [2.75, 3.05) is 13.1 Å². The van der Waals surface area contributed by atoms with Gasteiger partial charge in [-0.1, -0.05) is 0 Å². The Kier molecular flexibility index (Phi) is 0.637. The summed E-state index contributed by atoms with van der Waals surface area (Å²) in [6, 6.07) is 0. The van der Waals surface area contributed by atoms with Gasteiger partial charge in [0.05, 0.1) is 12.0 Å². The van der Waals surface area contributed by atoms with Crippen molar-refractivity contribution in [1.82, 2.24) is 5.32 Å². The van der Waals surface area contributed by atoms with Crippen LogP contribution in [0.1, 0.15) is 12.8 Å². The molecule has 1 saturated carbocycles. The summed E-state index contributed by atoms with van der Waals surface area (Å²) in [4.78, 5) is 0.